The third-order valence-corrected chi connectivity index (χ3v) is 5.06. The molecule has 0 atom stereocenters. The van der Waals surface area contributed by atoms with Crippen LogP contribution < -0.4 is 5.32 Å². The molecule has 1 amide bonds. The number of rotatable bonds is 8. The number of aromatic amines is 1. The monoisotopic (exact) mass is 460 g/mol. The summed E-state index contributed by atoms with van der Waals surface area (Å²) in [5.41, 5.74) is 0.202. The lowest BCUT2D eigenvalue weighted by molar-refractivity contribution is -0.116. The Morgan fingerprint density at radius 2 is 1.81 bits per heavy atom. The van der Waals surface area contributed by atoms with Crippen molar-refractivity contribution < 1.29 is 22.5 Å². The fraction of sp³-hybridized carbons (Fsp3) is 0.150. The minimum atomic E-state index is -0.856. The van der Waals surface area contributed by atoms with Crippen molar-refractivity contribution in [3.05, 3.63) is 71.6 Å². The number of carbonyl (C=O) groups excluding carboxylic acids is 1. The van der Waals surface area contributed by atoms with E-state index in [2.05, 4.69) is 30.6 Å². The Morgan fingerprint density at radius 3 is 2.56 bits per heavy atom. The van der Waals surface area contributed by atoms with E-state index in [1.165, 1.54) is 30.0 Å². The molecule has 0 bridgehead atoms. The summed E-state index contributed by atoms with van der Waals surface area (Å²) >= 11 is 1.26. The second-order valence-electron chi connectivity index (χ2n) is 6.51. The SMILES string of the molecule is O=C(CCc1nc(CSc2n[nH]c(-c3ccc(F)cc3)n2)no1)Nc1c(F)cccc1F. The lowest BCUT2D eigenvalue weighted by Gasteiger charge is -2.06. The number of nitrogens with zero attached hydrogens (tertiary/aromatic N) is 4. The summed E-state index contributed by atoms with van der Waals surface area (Å²) in [6.07, 6.45) is 0.0133. The van der Waals surface area contributed by atoms with Crippen LogP contribution in [0.15, 0.2) is 52.1 Å². The van der Waals surface area contributed by atoms with Gasteiger partial charge in [0.2, 0.25) is 17.0 Å². The molecule has 0 fully saturated rings. The molecule has 0 aliphatic heterocycles. The number of amides is 1. The van der Waals surface area contributed by atoms with Gasteiger partial charge in [0.15, 0.2) is 11.6 Å². The predicted octanol–water partition coefficient (Wildman–Crippen LogP) is 4.14. The molecule has 12 heteroatoms. The van der Waals surface area contributed by atoms with Crippen LogP contribution in [0.25, 0.3) is 11.4 Å². The number of hydrogen-bond donors (Lipinski definition) is 2. The largest absolute Gasteiger partial charge is 0.339 e. The molecule has 164 valence electrons. The minimum absolute atomic E-state index is 0.0928. The third-order valence-electron chi connectivity index (χ3n) is 4.22. The summed E-state index contributed by atoms with van der Waals surface area (Å²) in [6.45, 7) is 0. The van der Waals surface area contributed by atoms with E-state index in [4.69, 9.17) is 4.52 Å². The van der Waals surface area contributed by atoms with Crippen molar-refractivity contribution in [2.75, 3.05) is 5.32 Å². The summed E-state index contributed by atoms with van der Waals surface area (Å²) in [5.74, 6) is -1.24. The molecule has 0 saturated heterocycles. The Balaban J connectivity index is 1.27. The molecule has 2 heterocycles. The van der Waals surface area contributed by atoms with Gasteiger partial charge in [0, 0.05) is 18.4 Å². The Labute approximate surface area is 183 Å². The van der Waals surface area contributed by atoms with Crippen molar-refractivity contribution in [2.24, 2.45) is 0 Å². The normalized spacial score (nSPS) is 11.0. The average Bonchev–Trinajstić information content (AvgIpc) is 3.44. The van der Waals surface area contributed by atoms with Crippen LogP contribution in [0.5, 0.6) is 0 Å². The number of benzene rings is 2. The van der Waals surface area contributed by atoms with E-state index in [-0.39, 0.29) is 24.5 Å². The highest BCUT2D eigenvalue weighted by molar-refractivity contribution is 7.98. The van der Waals surface area contributed by atoms with Gasteiger partial charge in [0.1, 0.15) is 23.1 Å². The maximum absolute atomic E-state index is 13.6. The highest BCUT2D eigenvalue weighted by atomic mass is 32.2. The zero-order chi connectivity index (χ0) is 22.5. The summed E-state index contributed by atoms with van der Waals surface area (Å²) < 4.78 is 45.3. The first-order valence-electron chi connectivity index (χ1n) is 9.34. The number of anilines is 1. The number of para-hydroxylation sites is 1. The van der Waals surface area contributed by atoms with Gasteiger partial charge < -0.3 is 9.84 Å². The molecule has 32 heavy (non-hydrogen) atoms. The highest BCUT2D eigenvalue weighted by Crippen LogP contribution is 2.22. The number of aryl methyl sites for hydroxylation is 1. The van der Waals surface area contributed by atoms with Gasteiger partial charge in [-0.3, -0.25) is 9.89 Å². The van der Waals surface area contributed by atoms with Crippen molar-refractivity contribution in [2.45, 2.75) is 23.8 Å². The standard InChI is InChI=1S/C20H15F3N6O2S/c21-12-6-4-11(5-7-12)19-26-20(28-27-19)32-10-15-24-17(31-29-15)9-8-16(30)25-18-13(22)2-1-3-14(18)23/h1-7H,8-10H2,(H,25,30)(H,26,27,28). The zero-order valence-corrected chi connectivity index (χ0v) is 17.1. The Hall–Kier alpha value is -3.67. The van der Waals surface area contributed by atoms with Crippen LogP contribution in [-0.4, -0.2) is 31.2 Å². The van der Waals surface area contributed by atoms with Gasteiger partial charge >= 0.3 is 0 Å². The number of aromatic nitrogens is 5. The molecular weight excluding hydrogens is 445 g/mol. The number of hydrogen-bond acceptors (Lipinski definition) is 7. The van der Waals surface area contributed by atoms with Crippen molar-refractivity contribution >= 4 is 23.4 Å². The van der Waals surface area contributed by atoms with Crippen LogP contribution in [0.4, 0.5) is 18.9 Å². The molecule has 4 aromatic rings. The van der Waals surface area contributed by atoms with E-state index in [0.29, 0.717) is 28.1 Å². The second kappa shape index (κ2) is 9.64. The van der Waals surface area contributed by atoms with Gasteiger partial charge in [-0.2, -0.15) is 4.98 Å². The number of halogens is 3. The molecule has 0 spiro atoms. The lowest BCUT2D eigenvalue weighted by atomic mass is 10.2. The van der Waals surface area contributed by atoms with Crippen LogP contribution in [0, 0.1) is 17.5 Å². The first kappa shape index (κ1) is 21.6. The molecule has 0 saturated carbocycles. The van der Waals surface area contributed by atoms with Gasteiger partial charge in [0.05, 0.1) is 5.75 Å². The second-order valence-corrected chi connectivity index (χ2v) is 7.45. The molecule has 4 rings (SSSR count). The predicted molar refractivity (Wildman–Crippen MR) is 109 cm³/mol. The van der Waals surface area contributed by atoms with Gasteiger partial charge in [-0.05, 0) is 36.4 Å². The van der Waals surface area contributed by atoms with Gasteiger partial charge in [0.25, 0.3) is 0 Å². The maximum atomic E-state index is 13.6. The Kier molecular flexibility index (Phi) is 6.50. The third kappa shape index (κ3) is 5.32. The zero-order valence-electron chi connectivity index (χ0n) is 16.3. The van der Waals surface area contributed by atoms with E-state index < -0.39 is 23.2 Å². The number of nitrogens with one attached hydrogen (secondary N) is 2. The summed E-state index contributed by atoms with van der Waals surface area (Å²) in [7, 11) is 0. The van der Waals surface area contributed by atoms with E-state index in [1.54, 1.807) is 12.1 Å². The fourth-order valence-corrected chi connectivity index (χ4v) is 3.31. The van der Waals surface area contributed by atoms with Crippen LogP contribution in [0.3, 0.4) is 0 Å². The van der Waals surface area contributed by atoms with Gasteiger partial charge in [-0.15, -0.1) is 5.10 Å². The summed E-state index contributed by atoms with van der Waals surface area (Å²) in [4.78, 5) is 20.5. The number of H-pyrrole nitrogens is 1. The number of carbonyl (C=O) groups is 1. The average molecular weight is 460 g/mol. The van der Waals surface area contributed by atoms with E-state index in [1.807, 2.05) is 0 Å². The summed E-state index contributed by atoms with van der Waals surface area (Å²) in [5, 5.41) is 13.3. The lowest BCUT2D eigenvalue weighted by Crippen LogP contribution is -2.14. The topological polar surface area (TPSA) is 110 Å². The minimum Gasteiger partial charge on any atom is -0.339 e. The van der Waals surface area contributed by atoms with Gasteiger partial charge in [-0.1, -0.05) is 23.0 Å². The van der Waals surface area contributed by atoms with Crippen LogP contribution in [-0.2, 0) is 17.0 Å². The van der Waals surface area contributed by atoms with E-state index in [0.717, 1.165) is 12.1 Å². The fourth-order valence-electron chi connectivity index (χ4n) is 2.67. The molecule has 2 aromatic carbocycles. The van der Waals surface area contributed by atoms with Crippen molar-refractivity contribution in [1.82, 2.24) is 25.3 Å². The number of thioether (sulfide) groups is 1. The van der Waals surface area contributed by atoms with Crippen molar-refractivity contribution in [3.63, 3.8) is 0 Å². The molecular formula is C20H15F3N6O2S. The van der Waals surface area contributed by atoms with Crippen LogP contribution in [0.2, 0.25) is 0 Å². The first-order valence-corrected chi connectivity index (χ1v) is 10.3. The molecule has 0 radical (unpaired) electrons. The quantitative estimate of drug-likeness (QED) is 0.381. The Bertz CT molecular complexity index is 1210. The highest BCUT2D eigenvalue weighted by Gasteiger charge is 2.14. The molecule has 2 aromatic heterocycles. The smallest absolute Gasteiger partial charge is 0.227 e. The maximum Gasteiger partial charge on any atom is 0.227 e. The summed E-state index contributed by atoms with van der Waals surface area (Å²) in [6, 6.07) is 9.16. The first-order chi connectivity index (χ1) is 15.5. The molecule has 0 aliphatic rings. The van der Waals surface area contributed by atoms with Crippen LogP contribution in [0.1, 0.15) is 18.1 Å². The Morgan fingerprint density at radius 1 is 1.06 bits per heavy atom. The molecule has 0 unspecified atom stereocenters. The molecule has 0 aliphatic carbocycles. The van der Waals surface area contributed by atoms with Gasteiger partial charge in [-0.25, -0.2) is 18.2 Å². The molecule has 2 N–H and O–H groups in total. The van der Waals surface area contributed by atoms with E-state index >= 15 is 0 Å². The van der Waals surface area contributed by atoms with Crippen molar-refractivity contribution in [3.8, 4) is 11.4 Å². The van der Waals surface area contributed by atoms with Crippen molar-refractivity contribution in [1.29, 1.82) is 0 Å². The van der Waals surface area contributed by atoms with E-state index in [9.17, 15) is 18.0 Å². The molecule has 8 nitrogen and oxygen atoms in total. The van der Waals surface area contributed by atoms with Crippen LogP contribution >= 0.6 is 11.8 Å².